The molecule has 2 saturated heterocycles. The number of amides is 1. The van der Waals surface area contributed by atoms with Gasteiger partial charge in [-0.3, -0.25) is 9.69 Å². The third-order valence-electron chi connectivity index (χ3n) is 6.30. The minimum Gasteiger partial charge on any atom is -0.497 e. The number of methoxy groups -OCH3 is 2. The van der Waals surface area contributed by atoms with Gasteiger partial charge in [-0.15, -0.1) is 0 Å². The first-order chi connectivity index (χ1) is 14.6. The number of rotatable bonds is 6. The van der Waals surface area contributed by atoms with Gasteiger partial charge in [-0.1, -0.05) is 23.7 Å². The fourth-order valence-corrected chi connectivity index (χ4v) is 5.06. The Morgan fingerprint density at radius 1 is 1.03 bits per heavy atom. The second kappa shape index (κ2) is 9.27. The molecule has 4 rings (SSSR count). The molecule has 5 nitrogen and oxygen atoms in total. The average Bonchev–Trinajstić information content (AvgIpc) is 3.43. The molecule has 0 saturated carbocycles. The van der Waals surface area contributed by atoms with E-state index in [4.69, 9.17) is 21.1 Å². The summed E-state index contributed by atoms with van der Waals surface area (Å²) in [5, 5.41) is 0.746. The highest BCUT2D eigenvalue weighted by molar-refractivity contribution is 6.30. The quantitative estimate of drug-likeness (QED) is 0.659. The van der Waals surface area contributed by atoms with Crippen LogP contribution >= 0.6 is 11.6 Å². The van der Waals surface area contributed by atoms with Gasteiger partial charge in [0, 0.05) is 23.2 Å². The first-order valence-electron chi connectivity index (χ1n) is 10.6. The van der Waals surface area contributed by atoms with Crippen molar-refractivity contribution in [1.29, 1.82) is 0 Å². The summed E-state index contributed by atoms with van der Waals surface area (Å²) >= 11 is 6.20. The molecule has 2 atom stereocenters. The van der Waals surface area contributed by atoms with Crippen LogP contribution in [0.25, 0.3) is 0 Å². The standard InChI is InChI=1S/C24H29ClN2O3/c1-29-19-10-11-23(30-2)20(15-19)22-9-5-13-27(22)24(28)16-26-12-4-8-21(26)17-6-3-7-18(25)14-17/h3,6-7,10-11,14-15,21-22H,4-5,8-9,12-13,16H2,1-2H3. The van der Waals surface area contributed by atoms with Gasteiger partial charge < -0.3 is 14.4 Å². The first kappa shape index (κ1) is 21.0. The van der Waals surface area contributed by atoms with E-state index in [0.29, 0.717) is 6.54 Å². The van der Waals surface area contributed by atoms with Crippen molar-refractivity contribution >= 4 is 17.5 Å². The van der Waals surface area contributed by atoms with Crippen LogP contribution in [0.15, 0.2) is 42.5 Å². The Morgan fingerprint density at radius 3 is 2.60 bits per heavy atom. The van der Waals surface area contributed by atoms with Gasteiger partial charge in [0.1, 0.15) is 11.5 Å². The van der Waals surface area contributed by atoms with Crippen LogP contribution in [-0.2, 0) is 4.79 Å². The molecule has 2 aromatic rings. The van der Waals surface area contributed by atoms with Crippen molar-refractivity contribution in [3.63, 3.8) is 0 Å². The fourth-order valence-electron chi connectivity index (χ4n) is 4.86. The Balaban J connectivity index is 1.52. The average molecular weight is 429 g/mol. The summed E-state index contributed by atoms with van der Waals surface area (Å²) in [5.41, 5.74) is 2.22. The van der Waals surface area contributed by atoms with Crippen LogP contribution in [0, 0.1) is 0 Å². The van der Waals surface area contributed by atoms with E-state index < -0.39 is 0 Å². The topological polar surface area (TPSA) is 42.0 Å². The minimum atomic E-state index is 0.0229. The molecule has 6 heteroatoms. The molecule has 0 aromatic heterocycles. The van der Waals surface area contributed by atoms with Gasteiger partial charge in [0.05, 0.1) is 26.8 Å². The van der Waals surface area contributed by atoms with Crippen LogP contribution < -0.4 is 9.47 Å². The lowest BCUT2D eigenvalue weighted by Gasteiger charge is -2.30. The number of benzene rings is 2. The van der Waals surface area contributed by atoms with Crippen molar-refractivity contribution in [2.45, 2.75) is 37.8 Å². The molecular weight excluding hydrogens is 400 g/mol. The Bertz CT molecular complexity index is 904. The fraction of sp³-hybridized carbons (Fsp3) is 0.458. The summed E-state index contributed by atoms with van der Waals surface area (Å²) < 4.78 is 11.0. The largest absolute Gasteiger partial charge is 0.497 e. The van der Waals surface area contributed by atoms with Gasteiger partial charge in [0.15, 0.2) is 0 Å². The smallest absolute Gasteiger partial charge is 0.237 e. The van der Waals surface area contributed by atoms with E-state index in [9.17, 15) is 4.79 Å². The minimum absolute atomic E-state index is 0.0229. The highest BCUT2D eigenvalue weighted by Gasteiger charge is 2.35. The van der Waals surface area contributed by atoms with Crippen molar-refractivity contribution in [3.05, 3.63) is 58.6 Å². The molecule has 0 bridgehead atoms. The van der Waals surface area contributed by atoms with Crippen LogP contribution in [0.4, 0.5) is 0 Å². The van der Waals surface area contributed by atoms with E-state index in [1.54, 1.807) is 14.2 Å². The molecule has 1 amide bonds. The Labute approximate surface area is 183 Å². The molecule has 2 aromatic carbocycles. The van der Waals surface area contributed by atoms with Crippen LogP contribution in [0.3, 0.4) is 0 Å². The van der Waals surface area contributed by atoms with E-state index in [2.05, 4.69) is 11.0 Å². The number of hydrogen-bond donors (Lipinski definition) is 0. The number of hydrogen-bond acceptors (Lipinski definition) is 4. The van der Waals surface area contributed by atoms with Crippen molar-refractivity contribution in [1.82, 2.24) is 9.80 Å². The maximum Gasteiger partial charge on any atom is 0.237 e. The zero-order valence-corrected chi connectivity index (χ0v) is 18.4. The van der Waals surface area contributed by atoms with Gasteiger partial charge in [0.2, 0.25) is 5.91 Å². The zero-order valence-electron chi connectivity index (χ0n) is 17.6. The Kier molecular flexibility index (Phi) is 6.49. The molecule has 2 aliphatic heterocycles. The Morgan fingerprint density at radius 2 is 1.83 bits per heavy atom. The number of halogens is 1. The third-order valence-corrected chi connectivity index (χ3v) is 6.54. The summed E-state index contributed by atoms with van der Waals surface area (Å²) in [7, 11) is 3.33. The molecule has 0 N–H and O–H groups in total. The highest BCUT2D eigenvalue weighted by atomic mass is 35.5. The monoisotopic (exact) mass is 428 g/mol. The summed E-state index contributed by atoms with van der Waals surface area (Å²) in [6, 6.07) is 14.1. The van der Waals surface area contributed by atoms with E-state index in [0.717, 1.165) is 60.9 Å². The third kappa shape index (κ3) is 4.28. The van der Waals surface area contributed by atoms with Crippen LogP contribution in [0.1, 0.15) is 48.9 Å². The predicted octanol–water partition coefficient (Wildman–Crippen LogP) is 4.86. The summed E-state index contributed by atoms with van der Waals surface area (Å²) in [6.07, 6.45) is 4.08. The molecule has 2 fully saturated rings. The van der Waals surface area contributed by atoms with Gasteiger partial charge in [-0.05, 0) is 68.1 Å². The summed E-state index contributed by atoms with van der Waals surface area (Å²) in [4.78, 5) is 17.7. The van der Waals surface area contributed by atoms with E-state index in [1.807, 2.05) is 41.3 Å². The van der Waals surface area contributed by atoms with Crippen molar-refractivity contribution in [3.8, 4) is 11.5 Å². The van der Waals surface area contributed by atoms with E-state index >= 15 is 0 Å². The zero-order chi connectivity index (χ0) is 21.1. The van der Waals surface area contributed by atoms with Crippen LogP contribution in [-0.4, -0.2) is 49.6 Å². The number of carbonyl (C=O) groups excluding carboxylic acids is 1. The van der Waals surface area contributed by atoms with Crippen molar-refractivity contribution in [2.75, 3.05) is 33.9 Å². The molecular formula is C24H29ClN2O3. The predicted molar refractivity (Wildman–Crippen MR) is 118 cm³/mol. The maximum absolute atomic E-state index is 13.4. The van der Waals surface area contributed by atoms with E-state index in [1.165, 1.54) is 5.56 Å². The lowest BCUT2D eigenvalue weighted by atomic mass is 10.0. The number of carbonyl (C=O) groups is 1. The molecule has 160 valence electrons. The van der Waals surface area contributed by atoms with Crippen LogP contribution in [0.2, 0.25) is 5.02 Å². The summed E-state index contributed by atoms with van der Waals surface area (Å²) in [5.74, 6) is 1.76. The molecule has 2 heterocycles. The van der Waals surface area contributed by atoms with Crippen LogP contribution in [0.5, 0.6) is 11.5 Å². The maximum atomic E-state index is 13.4. The van der Waals surface area contributed by atoms with Crippen molar-refractivity contribution < 1.29 is 14.3 Å². The summed E-state index contributed by atoms with van der Waals surface area (Å²) in [6.45, 7) is 2.14. The molecule has 0 radical (unpaired) electrons. The lowest BCUT2D eigenvalue weighted by molar-refractivity contribution is -0.133. The van der Waals surface area contributed by atoms with Gasteiger partial charge in [0.25, 0.3) is 0 Å². The highest BCUT2D eigenvalue weighted by Crippen LogP contribution is 2.40. The second-order valence-corrected chi connectivity index (χ2v) is 8.47. The first-order valence-corrected chi connectivity index (χ1v) is 11.0. The van der Waals surface area contributed by atoms with E-state index in [-0.39, 0.29) is 18.0 Å². The number of ether oxygens (including phenoxy) is 2. The molecule has 0 spiro atoms. The SMILES string of the molecule is COc1ccc(OC)c(C2CCCN2C(=O)CN2CCCC2c2cccc(Cl)c2)c1. The molecule has 2 aliphatic rings. The molecule has 2 unspecified atom stereocenters. The van der Waals surface area contributed by atoms with Crippen molar-refractivity contribution in [2.24, 2.45) is 0 Å². The number of nitrogens with zero attached hydrogens (tertiary/aromatic N) is 2. The van der Waals surface area contributed by atoms with Gasteiger partial charge in [-0.2, -0.15) is 0 Å². The second-order valence-electron chi connectivity index (χ2n) is 8.04. The normalized spacial score (nSPS) is 21.8. The lowest BCUT2D eigenvalue weighted by Crippen LogP contribution is -2.40. The molecule has 30 heavy (non-hydrogen) atoms. The number of likely N-dealkylation sites (tertiary alicyclic amines) is 2. The molecule has 0 aliphatic carbocycles. The Hall–Kier alpha value is -2.24. The van der Waals surface area contributed by atoms with Gasteiger partial charge >= 0.3 is 0 Å². The van der Waals surface area contributed by atoms with Gasteiger partial charge in [-0.25, -0.2) is 0 Å².